The lowest BCUT2D eigenvalue weighted by Gasteiger charge is -2.19. The number of aromatic nitrogens is 3. The predicted molar refractivity (Wildman–Crippen MR) is 179 cm³/mol. The molecule has 1 aliphatic rings. The van der Waals surface area contributed by atoms with Gasteiger partial charge in [0.25, 0.3) is 11.8 Å². The van der Waals surface area contributed by atoms with Gasteiger partial charge in [-0.15, -0.1) is 5.10 Å². The summed E-state index contributed by atoms with van der Waals surface area (Å²) in [5.41, 5.74) is 5.05. The Bertz CT molecular complexity index is 2180. The van der Waals surface area contributed by atoms with Crippen molar-refractivity contribution in [1.29, 1.82) is 0 Å². The van der Waals surface area contributed by atoms with Crippen LogP contribution in [-0.2, 0) is 4.74 Å². The number of hydrogen-bond acceptors (Lipinski definition) is 8. The molecular weight excluding hydrogens is 610 g/mol. The van der Waals surface area contributed by atoms with E-state index >= 15 is 0 Å². The molecule has 0 spiro atoms. The second-order valence-corrected chi connectivity index (χ2v) is 11.6. The van der Waals surface area contributed by atoms with E-state index in [4.69, 9.17) is 9.15 Å². The zero-order chi connectivity index (χ0) is 33.0. The van der Waals surface area contributed by atoms with Crippen molar-refractivity contribution >= 4 is 39.9 Å². The fourth-order valence-electron chi connectivity index (χ4n) is 6.21. The molecule has 2 N–H and O–H groups in total. The van der Waals surface area contributed by atoms with Gasteiger partial charge in [0.05, 0.1) is 5.52 Å². The molecule has 240 valence electrons. The summed E-state index contributed by atoms with van der Waals surface area (Å²) in [6, 6.07) is 30.6. The highest BCUT2D eigenvalue weighted by Crippen LogP contribution is 2.44. The first-order valence-electron chi connectivity index (χ1n) is 15.7. The molecule has 0 saturated heterocycles. The summed E-state index contributed by atoms with van der Waals surface area (Å²) in [7, 11) is 0. The molecule has 6 aromatic rings. The second-order valence-electron chi connectivity index (χ2n) is 11.6. The number of para-hydroxylation sites is 2. The van der Waals surface area contributed by atoms with E-state index in [0.29, 0.717) is 34.8 Å². The molecular formula is C37H31N5O6. The minimum atomic E-state index is -0.978. The third-order valence-corrected chi connectivity index (χ3v) is 8.59. The lowest BCUT2D eigenvalue weighted by molar-refractivity contribution is 0.0817. The summed E-state index contributed by atoms with van der Waals surface area (Å²) in [6.07, 6.45) is 0.444. The Hall–Kier alpha value is -6.10. The molecule has 0 fully saturated rings. The van der Waals surface area contributed by atoms with E-state index in [1.807, 2.05) is 36.4 Å². The van der Waals surface area contributed by atoms with Crippen molar-refractivity contribution < 1.29 is 23.5 Å². The van der Waals surface area contributed by atoms with E-state index in [1.54, 1.807) is 48.5 Å². The standard InChI is InChI=1S/C37H31N5O6/c43-34(28-21-23-11-1-8-19-33(23)48-36(28)45)38-20-10-9-17-31(35(44)42-32-18-7-6-16-30(32)40-41-42)39-37(46)47-22-29-26-14-4-2-12-24(26)25-13-3-5-15-27(25)29/h1-8,11-16,18-19,21,29,31H,9-10,17,20,22H2,(H,38,43)(H,39,46)/t31-/m0/s1. The number of rotatable bonds is 10. The molecule has 2 amide bonds. The topological polar surface area (TPSA) is 145 Å². The summed E-state index contributed by atoms with van der Waals surface area (Å²) in [5.74, 6) is -1.15. The van der Waals surface area contributed by atoms with Crippen LogP contribution in [0.5, 0.6) is 0 Å². The maximum Gasteiger partial charge on any atom is 0.407 e. The van der Waals surface area contributed by atoms with Gasteiger partial charge in [0.1, 0.15) is 29.3 Å². The lowest BCUT2D eigenvalue weighted by Crippen LogP contribution is -2.44. The maximum atomic E-state index is 13.7. The Morgan fingerprint density at radius 3 is 2.33 bits per heavy atom. The highest BCUT2D eigenvalue weighted by atomic mass is 16.5. The van der Waals surface area contributed by atoms with Crippen LogP contribution in [0.2, 0.25) is 0 Å². The molecule has 4 aromatic carbocycles. The van der Waals surface area contributed by atoms with Crippen LogP contribution in [0.25, 0.3) is 33.1 Å². The van der Waals surface area contributed by atoms with Crippen molar-refractivity contribution in [2.75, 3.05) is 13.2 Å². The number of nitrogens with zero attached hydrogens (tertiary/aromatic N) is 3. The first kappa shape index (κ1) is 30.5. The number of unbranched alkanes of at least 4 members (excludes halogenated alkanes) is 1. The molecule has 1 aliphatic carbocycles. The van der Waals surface area contributed by atoms with Crippen LogP contribution in [0.1, 0.15) is 51.5 Å². The minimum absolute atomic E-state index is 0.0864. The van der Waals surface area contributed by atoms with Gasteiger partial charge in [-0.25, -0.2) is 9.59 Å². The highest BCUT2D eigenvalue weighted by molar-refractivity contribution is 5.96. The van der Waals surface area contributed by atoms with Gasteiger partial charge in [-0.2, -0.15) is 4.68 Å². The summed E-state index contributed by atoms with van der Waals surface area (Å²) in [4.78, 5) is 52.0. The number of ether oxygens (including phenoxy) is 1. The van der Waals surface area contributed by atoms with Crippen LogP contribution in [-0.4, -0.2) is 52.1 Å². The first-order valence-corrected chi connectivity index (χ1v) is 15.7. The maximum absolute atomic E-state index is 13.7. The highest BCUT2D eigenvalue weighted by Gasteiger charge is 2.30. The minimum Gasteiger partial charge on any atom is -0.449 e. The second kappa shape index (κ2) is 13.3. The van der Waals surface area contributed by atoms with Crippen molar-refractivity contribution in [3.63, 3.8) is 0 Å². The van der Waals surface area contributed by atoms with E-state index in [0.717, 1.165) is 22.3 Å². The number of carbonyl (C=O) groups is 3. The van der Waals surface area contributed by atoms with Crippen molar-refractivity contribution in [1.82, 2.24) is 25.6 Å². The third-order valence-electron chi connectivity index (χ3n) is 8.59. The SMILES string of the molecule is O=C(N[C@@H](CCCCNC(=O)c1cc2ccccc2oc1=O)C(=O)n1nnc2ccccc21)OCC1c2ccccc2-c2ccccc21. The van der Waals surface area contributed by atoms with E-state index in [9.17, 15) is 19.2 Å². The van der Waals surface area contributed by atoms with Gasteiger partial charge in [0.2, 0.25) is 0 Å². The average molecular weight is 642 g/mol. The van der Waals surface area contributed by atoms with Gasteiger partial charge >= 0.3 is 11.7 Å². The number of carbonyl (C=O) groups excluding carboxylic acids is 3. The van der Waals surface area contributed by atoms with Gasteiger partial charge in [0, 0.05) is 17.8 Å². The fourth-order valence-corrected chi connectivity index (χ4v) is 6.21. The van der Waals surface area contributed by atoms with Crippen LogP contribution in [0.4, 0.5) is 4.79 Å². The van der Waals surface area contributed by atoms with Crippen molar-refractivity contribution in [3.05, 3.63) is 130 Å². The molecule has 11 heteroatoms. The molecule has 0 radical (unpaired) electrons. The van der Waals surface area contributed by atoms with E-state index < -0.39 is 29.6 Å². The lowest BCUT2D eigenvalue weighted by atomic mass is 9.98. The molecule has 2 aromatic heterocycles. The average Bonchev–Trinajstić information content (AvgIpc) is 3.69. The third kappa shape index (κ3) is 6.05. The number of hydrogen-bond donors (Lipinski definition) is 2. The van der Waals surface area contributed by atoms with Crippen LogP contribution in [0.3, 0.4) is 0 Å². The molecule has 0 unspecified atom stereocenters. The fraction of sp³-hybridized carbons (Fsp3) is 0.189. The predicted octanol–water partition coefficient (Wildman–Crippen LogP) is 5.69. The Kier molecular flexibility index (Phi) is 8.48. The van der Waals surface area contributed by atoms with Gasteiger partial charge < -0.3 is 19.8 Å². The zero-order valence-corrected chi connectivity index (χ0v) is 25.8. The number of benzene rings is 4. The van der Waals surface area contributed by atoms with Crippen molar-refractivity contribution in [2.24, 2.45) is 0 Å². The summed E-state index contributed by atoms with van der Waals surface area (Å²) >= 11 is 0. The molecule has 11 nitrogen and oxygen atoms in total. The van der Waals surface area contributed by atoms with Crippen molar-refractivity contribution in [2.45, 2.75) is 31.2 Å². The molecule has 0 bridgehead atoms. The van der Waals surface area contributed by atoms with Crippen molar-refractivity contribution in [3.8, 4) is 11.1 Å². The molecule has 48 heavy (non-hydrogen) atoms. The molecule has 0 saturated carbocycles. The Labute approximate surface area is 274 Å². The number of amides is 2. The van der Waals surface area contributed by atoms with Gasteiger partial charge in [-0.3, -0.25) is 9.59 Å². The Morgan fingerprint density at radius 2 is 1.54 bits per heavy atom. The van der Waals surface area contributed by atoms with Crippen LogP contribution in [0.15, 0.2) is 112 Å². The smallest absolute Gasteiger partial charge is 0.407 e. The van der Waals surface area contributed by atoms with E-state index in [-0.39, 0.29) is 31.1 Å². The largest absolute Gasteiger partial charge is 0.449 e. The molecule has 0 aliphatic heterocycles. The first-order chi connectivity index (χ1) is 23.5. The quantitative estimate of drug-likeness (QED) is 0.143. The molecule has 1 atom stereocenters. The van der Waals surface area contributed by atoms with Gasteiger partial charge in [-0.05, 0) is 65.8 Å². The monoisotopic (exact) mass is 641 g/mol. The van der Waals surface area contributed by atoms with Gasteiger partial charge in [-0.1, -0.05) is 84.1 Å². The summed E-state index contributed by atoms with van der Waals surface area (Å²) < 4.78 is 12.2. The van der Waals surface area contributed by atoms with Crippen LogP contribution < -0.4 is 16.3 Å². The molecule has 2 heterocycles. The van der Waals surface area contributed by atoms with Crippen LogP contribution in [0, 0.1) is 0 Å². The Balaban J connectivity index is 1.00. The molecule has 7 rings (SSSR count). The van der Waals surface area contributed by atoms with E-state index in [2.05, 4.69) is 33.1 Å². The van der Waals surface area contributed by atoms with Gasteiger partial charge in [0.15, 0.2) is 0 Å². The number of nitrogens with one attached hydrogen (secondary N) is 2. The zero-order valence-electron chi connectivity index (χ0n) is 25.8. The number of fused-ring (bicyclic) bond motifs is 5. The Morgan fingerprint density at radius 1 is 0.854 bits per heavy atom. The van der Waals surface area contributed by atoms with Crippen LogP contribution >= 0.6 is 0 Å². The van der Waals surface area contributed by atoms with E-state index in [1.165, 1.54) is 10.7 Å². The number of alkyl carbamates (subject to hydrolysis) is 1. The summed E-state index contributed by atoms with van der Waals surface area (Å²) in [5, 5.41) is 14.3. The normalized spacial score (nSPS) is 12.8. The summed E-state index contributed by atoms with van der Waals surface area (Å²) in [6.45, 7) is 0.338.